The van der Waals surface area contributed by atoms with Gasteiger partial charge in [-0.05, 0) is 45.8 Å². The number of piperazine rings is 1. The van der Waals surface area contributed by atoms with Gasteiger partial charge in [-0.1, -0.05) is 0 Å². The number of carbonyl (C=O) groups excluding carboxylic acids is 1. The molecule has 0 unspecified atom stereocenters. The lowest BCUT2D eigenvalue weighted by Crippen LogP contribution is -2.45. The van der Waals surface area contributed by atoms with Crippen molar-refractivity contribution < 1.29 is 4.79 Å². The summed E-state index contributed by atoms with van der Waals surface area (Å²) >= 11 is 0. The summed E-state index contributed by atoms with van der Waals surface area (Å²) in [6, 6.07) is 2.03. The standard InChI is InChI=1S/C22H35N7O/c1-17-19-5-9-23-21(20(19)27(3)25-17)29-11-6-18(7-12-29)22(30)24-8-4-10-28-15-13-26(2)14-16-28/h5,9,18H,4,6-8,10-16H2,1-3H3,(H,24,30). The normalized spacial score (nSPS) is 19.5. The van der Waals surface area contributed by atoms with E-state index in [4.69, 9.17) is 0 Å². The van der Waals surface area contributed by atoms with Crippen LogP contribution in [0.3, 0.4) is 0 Å². The van der Waals surface area contributed by atoms with Crippen LogP contribution in [-0.2, 0) is 11.8 Å². The molecule has 164 valence electrons. The summed E-state index contributed by atoms with van der Waals surface area (Å²) in [4.78, 5) is 24.4. The number of aryl methyl sites for hydroxylation is 2. The van der Waals surface area contributed by atoms with Gasteiger partial charge >= 0.3 is 0 Å². The number of hydrogen-bond donors (Lipinski definition) is 1. The Hall–Kier alpha value is -2.19. The van der Waals surface area contributed by atoms with E-state index < -0.39 is 0 Å². The first-order valence-corrected chi connectivity index (χ1v) is 11.2. The van der Waals surface area contributed by atoms with Gasteiger partial charge < -0.3 is 20.0 Å². The Morgan fingerprint density at radius 2 is 1.87 bits per heavy atom. The Kier molecular flexibility index (Phi) is 6.53. The van der Waals surface area contributed by atoms with E-state index in [9.17, 15) is 4.79 Å². The molecule has 8 nitrogen and oxygen atoms in total. The summed E-state index contributed by atoms with van der Waals surface area (Å²) in [5.74, 6) is 1.31. The largest absolute Gasteiger partial charge is 0.356 e. The van der Waals surface area contributed by atoms with Crippen LogP contribution in [0.1, 0.15) is 25.0 Å². The van der Waals surface area contributed by atoms with Crippen LogP contribution in [0.15, 0.2) is 12.3 Å². The predicted octanol–water partition coefficient (Wildman–Crippen LogP) is 1.25. The molecule has 1 amide bonds. The van der Waals surface area contributed by atoms with E-state index in [0.29, 0.717) is 0 Å². The average molecular weight is 414 g/mol. The molecule has 0 aliphatic carbocycles. The number of pyridine rings is 1. The quantitative estimate of drug-likeness (QED) is 0.719. The van der Waals surface area contributed by atoms with Crippen molar-refractivity contribution in [2.45, 2.75) is 26.2 Å². The second-order valence-corrected chi connectivity index (χ2v) is 8.79. The van der Waals surface area contributed by atoms with Gasteiger partial charge in [0.1, 0.15) is 5.52 Å². The van der Waals surface area contributed by atoms with Crippen molar-refractivity contribution in [1.29, 1.82) is 0 Å². The first-order chi connectivity index (χ1) is 14.5. The summed E-state index contributed by atoms with van der Waals surface area (Å²) in [5.41, 5.74) is 2.11. The van der Waals surface area contributed by atoms with E-state index in [1.807, 2.05) is 30.9 Å². The van der Waals surface area contributed by atoms with Crippen LogP contribution in [0.2, 0.25) is 0 Å². The summed E-state index contributed by atoms with van der Waals surface area (Å²) in [5, 5.41) is 8.88. The molecule has 2 aromatic rings. The van der Waals surface area contributed by atoms with Gasteiger partial charge in [-0.3, -0.25) is 9.48 Å². The predicted molar refractivity (Wildman–Crippen MR) is 120 cm³/mol. The molecular formula is C22H35N7O. The van der Waals surface area contributed by atoms with Crippen LogP contribution in [-0.4, -0.2) is 89.9 Å². The number of carbonyl (C=O) groups is 1. The van der Waals surface area contributed by atoms with Gasteiger partial charge in [-0.15, -0.1) is 0 Å². The Balaban J connectivity index is 1.23. The highest BCUT2D eigenvalue weighted by molar-refractivity contribution is 5.91. The first kappa shape index (κ1) is 21.1. The number of piperidine rings is 1. The van der Waals surface area contributed by atoms with E-state index in [-0.39, 0.29) is 11.8 Å². The third-order valence-electron chi connectivity index (χ3n) is 6.63. The molecule has 30 heavy (non-hydrogen) atoms. The molecule has 2 fully saturated rings. The van der Waals surface area contributed by atoms with Gasteiger partial charge in [0, 0.05) is 70.4 Å². The molecule has 0 spiro atoms. The van der Waals surface area contributed by atoms with Crippen molar-refractivity contribution in [3.05, 3.63) is 18.0 Å². The van der Waals surface area contributed by atoms with Crippen molar-refractivity contribution in [1.82, 2.24) is 29.9 Å². The zero-order chi connectivity index (χ0) is 21.1. The Labute approximate surface area is 179 Å². The lowest BCUT2D eigenvalue weighted by molar-refractivity contribution is -0.125. The second-order valence-electron chi connectivity index (χ2n) is 8.79. The topological polar surface area (TPSA) is 69.5 Å². The third-order valence-corrected chi connectivity index (χ3v) is 6.63. The van der Waals surface area contributed by atoms with Crippen molar-refractivity contribution in [2.24, 2.45) is 13.0 Å². The van der Waals surface area contributed by atoms with Crippen LogP contribution < -0.4 is 10.2 Å². The number of nitrogens with zero attached hydrogens (tertiary/aromatic N) is 6. The molecular weight excluding hydrogens is 378 g/mol. The second kappa shape index (κ2) is 9.31. The molecule has 0 saturated carbocycles. The number of anilines is 1. The van der Waals surface area contributed by atoms with Gasteiger partial charge in [0.2, 0.25) is 5.91 Å². The fraction of sp³-hybridized carbons (Fsp3) is 0.682. The summed E-state index contributed by atoms with van der Waals surface area (Å²) in [7, 11) is 4.15. The number of likely N-dealkylation sites (N-methyl/N-ethyl adjacent to an activating group) is 1. The molecule has 8 heteroatoms. The molecule has 2 saturated heterocycles. The van der Waals surface area contributed by atoms with Crippen LogP contribution in [0, 0.1) is 12.8 Å². The van der Waals surface area contributed by atoms with Crippen LogP contribution in [0.4, 0.5) is 5.82 Å². The van der Waals surface area contributed by atoms with Gasteiger partial charge in [0.15, 0.2) is 5.82 Å². The fourth-order valence-corrected chi connectivity index (χ4v) is 4.70. The third kappa shape index (κ3) is 4.59. The molecule has 0 aromatic carbocycles. The highest BCUT2D eigenvalue weighted by Crippen LogP contribution is 2.29. The van der Waals surface area contributed by atoms with Crippen molar-refractivity contribution in [2.75, 3.05) is 64.3 Å². The summed E-state index contributed by atoms with van der Waals surface area (Å²) in [6.45, 7) is 10.2. The van der Waals surface area contributed by atoms with Crippen molar-refractivity contribution >= 4 is 22.6 Å². The Morgan fingerprint density at radius 1 is 1.13 bits per heavy atom. The average Bonchev–Trinajstić information content (AvgIpc) is 3.06. The lowest BCUT2D eigenvalue weighted by atomic mass is 9.95. The summed E-state index contributed by atoms with van der Waals surface area (Å²) in [6.07, 6.45) is 4.64. The van der Waals surface area contributed by atoms with Gasteiger partial charge in [-0.25, -0.2) is 4.98 Å². The van der Waals surface area contributed by atoms with Gasteiger partial charge in [0.05, 0.1) is 5.69 Å². The maximum Gasteiger partial charge on any atom is 0.223 e. The Morgan fingerprint density at radius 3 is 2.60 bits per heavy atom. The number of fused-ring (bicyclic) bond motifs is 1. The van der Waals surface area contributed by atoms with E-state index in [0.717, 1.165) is 94.0 Å². The minimum atomic E-state index is 0.109. The monoisotopic (exact) mass is 413 g/mol. The maximum absolute atomic E-state index is 12.6. The molecule has 1 N–H and O–H groups in total. The van der Waals surface area contributed by atoms with Crippen LogP contribution >= 0.6 is 0 Å². The van der Waals surface area contributed by atoms with E-state index in [1.54, 1.807) is 0 Å². The molecule has 0 radical (unpaired) electrons. The molecule has 4 heterocycles. The number of rotatable bonds is 6. The highest BCUT2D eigenvalue weighted by Gasteiger charge is 2.27. The number of aromatic nitrogens is 3. The molecule has 0 atom stereocenters. The minimum absolute atomic E-state index is 0.109. The molecule has 2 aromatic heterocycles. The van der Waals surface area contributed by atoms with Crippen LogP contribution in [0.25, 0.3) is 10.9 Å². The van der Waals surface area contributed by atoms with Crippen molar-refractivity contribution in [3.8, 4) is 0 Å². The fourth-order valence-electron chi connectivity index (χ4n) is 4.70. The zero-order valence-electron chi connectivity index (χ0n) is 18.6. The van der Waals surface area contributed by atoms with E-state index >= 15 is 0 Å². The molecule has 0 bridgehead atoms. The maximum atomic E-state index is 12.6. The number of amides is 1. The SMILES string of the molecule is Cc1nn(C)c2c(N3CCC(C(=O)NCCCN4CCN(C)CC4)CC3)nccc12. The summed E-state index contributed by atoms with van der Waals surface area (Å²) < 4.78 is 1.92. The minimum Gasteiger partial charge on any atom is -0.356 e. The van der Waals surface area contributed by atoms with E-state index in [2.05, 4.69) is 37.1 Å². The molecule has 2 aliphatic heterocycles. The zero-order valence-corrected chi connectivity index (χ0v) is 18.6. The van der Waals surface area contributed by atoms with Crippen LogP contribution in [0.5, 0.6) is 0 Å². The first-order valence-electron chi connectivity index (χ1n) is 11.2. The van der Waals surface area contributed by atoms with Gasteiger partial charge in [0.25, 0.3) is 0 Å². The highest BCUT2D eigenvalue weighted by atomic mass is 16.1. The number of hydrogen-bond acceptors (Lipinski definition) is 6. The van der Waals surface area contributed by atoms with Gasteiger partial charge in [-0.2, -0.15) is 5.10 Å². The smallest absolute Gasteiger partial charge is 0.223 e. The van der Waals surface area contributed by atoms with Crippen molar-refractivity contribution in [3.63, 3.8) is 0 Å². The molecule has 2 aliphatic rings. The van der Waals surface area contributed by atoms with E-state index in [1.165, 1.54) is 0 Å². The molecule has 4 rings (SSSR count). The lowest BCUT2D eigenvalue weighted by Gasteiger charge is -2.33. The number of nitrogens with one attached hydrogen (secondary N) is 1. The Bertz CT molecular complexity index is 864.